The Labute approximate surface area is 134 Å². The predicted molar refractivity (Wildman–Crippen MR) is 86.8 cm³/mol. The summed E-state index contributed by atoms with van der Waals surface area (Å²) in [6.45, 7) is 6.81. The number of ether oxygens (including phenoxy) is 1. The lowest BCUT2D eigenvalue weighted by molar-refractivity contribution is -0.149. The number of hydrogen-bond acceptors (Lipinski definition) is 4. The molecule has 0 radical (unpaired) electrons. The number of nitrogens with zero attached hydrogens (tertiary/aromatic N) is 2. The van der Waals surface area contributed by atoms with Crippen molar-refractivity contribution in [2.45, 2.75) is 44.6 Å². The lowest BCUT2D eigenvalue weighted by atomic mass is 9.78. The summed E-state index contributed by atoms with van der Waals surface area (Å²) < 4.78 is 5.42. The number of hydrogen-bond donors (Lipinski definition) is 1. The van der Waals surface area contributed by atoms with Crippen molar-refractivity contribution in [3.05, 3.63) is 0 Å². The Kier molecular flexibility index (Phi) is 5.37. The van der Waals surface area contributed by atoms with Crippen molar-refractivity contribution >= 4 is 5.91 Å². The van der Waals surface area contributed by atoms with E-state index in [1.165, 1.54) is 25.9 Å². The van der Waals surface area contributed by atoms with Gasteiger partial charge in [-0.1, -0.05) is 0 Å². The summed E-state index contributed by atoms with van der Waals surface area (Å²) in [6.07, 6.45) is 6.81. The van der Waals surface area contributed by atoms with Gasteiger partial charge in [0.1, 0.15) is 0 Å². The molecule has 1 N–H and O–H groups in total. The standard InChI is InChI=1S/C17H31N3O2/c1-22-14-17(6-8-18-9-7-17)16(21)20-12-4-15(5-13-20)19-10-2-3-11-19/h15,18H,2-14H2,1H3. The number of methoxy groups -OCH3 is 1. The molecule has 3 rings (SSSR count). The van der Waals surface area contributed by atoms with Crippen LogP contribution >= 0.6 is 0 Å². The fraction of sp³-hybridized carbons (Fsp3) is 0.941. The van der Waals surface area contributed by atoms with Crippen LogP contribution in [0, 0.1) is 5.41 Å². The first-order chi connectivity index (χ1) is 10.7. The molecule has 1 amide bonds. The first-order valence-electron chi connectivity index (χ1n) is 8.98. The van der Waals surface area contributed by atoms with Gasteiger partial charge in [-0.05, 0) is 64.7 Å². The third-order valence-corrected chi connectivity index (χ3v) is 5.84. The molecule has 0 atom stereocenters. The van der Waals surface area contributed by atoms with Crippen molar-refractivity contribution in [1.82, 2.24) is 15.1 Å². The van der Waals surface area contributed by atoms with E-state index in [-0.39, 0.29) is 5.41 Å². The SMILES string of the molecule is COCC1(C(=O)N2CCC(N3CCCC3)CC2)CCNCC1. The molecule has 126 valence electrons. The van der Waals surface area contributed by atoms with E-state index in [1.807, 2.05) is 0 Å². The summed E-state index contributed by atoms with van der Waals surface area (Å²) in [5.41, 5.74) is -0.277. The molecule has 0 aromatic heterocycles. The van der Waals surface area contributed by atoms with Crippen molar-refractivity contribution in [3.8, 4) is 0 Å². The van der Waals surface area contributed by atoms with Gasteiger partial charge in [-0.3, -0.25) is 4.79 Å². The molecule has 0 aliphatic carbocycles. The van der Waals surface area contributed by atoms with E-state index < -0.39 is 0 Å². The van der Waals surface area contributed by atoms with E-state index in [2.05, 4.69) is 15.1 Å². The van der Waals surface area contributed by atoms with E-state index in [1.54, 1.807) is 7.11 Å². The second-order valence-corrected chi connectivity index (χ2v) is 7.23. The molecule has 5 nitrogen and oxygen atoms in total. The Bertz CT molecular complexity index is 363. The average Bonchev–Trinajstić information content (AvgIpc) is 3.10. The molecule has 5 heteroatoms. The summed E-state index contributed by atoms with van der Waals surface area (Å²) >= 11 is 0. The average molecular weight is 309 g/mol. The number of carbonyl (C=O) groups excluding carboxylic acids is 1. The third kappa shape index (κ3) is 3.31. The highest BCUT2D eigenvalue weighted by atomic mass is 16.5. The largest absolute Gasteiger partial charge is 0.384 e. The van der Waals surface area contributed by atoms with Crippen molar-refractivity contribution in [2.75, 3.05) is 53.0 Å². The highest BCUT2D eigenvalue weighted by molar-refractivity contribution is 5.83. The Balaban J connectivity index is 1.57. The Morgan fingerprint density at radius 1 is 1.14 bits per heavy atom. The third-order valence-electron chi connectivity index (χ3n) is 5.84. The normalized spacial score (nSPS) is 27.2. The topological polar surface area (TPSA) is 44.8 Å². The summed E-state index contributed by atoms with van der Waals surface area (Å²) in [7, 11) is 1.72. The zero-order valence-electron chi connectivity index (χ0n) is 14.0. The number of likely N-dealkylation sites (tertiary alicyclic amines) is 2. The first kappa shape index (κ1) is 16.2. The number of amides is 1. The van der Waals surface area contributed by atoms with E-state index in [4.69, 9.17) is 4.74 Å². The van der Waals surface area contributed by atoms with Crippen LogP contribution in [0.25, 0.3) is 0 Å². The molecular formula is C17H31N3O2. The van der Waals surface area contributed by atoms with Gasteiger partial charge in [-0.25, -0.2) is 0 Å². The van der Waals surface area contributed by atoms with Crippen LogP contribution in [0.3, 0.4) is 0 Å². The number of rotatable bonds is 4. The fourth-order valence-electron chi connectivity index (χ4n) is 4.48. The highest BCUT2D eigenvalue weighted by Crippen LogP contribution is 2.33. The minimum absolute atomic E-state index is 0.277. The van der Waals surface area contributed by atoms with E-state index in [0.29, 0.717) is 18.6 Å². The minimum Gasteiger partial charge on any atom is -0.384 e. The lowest BCUT2D eigenvalue weighted by Crippen LogP contribution is -2.54. The molecular weight excluding hydrogens is 278 g/mol. The Morgan fingerprint density at radius 2 is 1.77 bits per heavy atom. The van der Waals surface area contributed by atoms with Crippen LogP contribution in [-0.2, 0) is 9.53 Å². The van der Waals surface area contributed by atoms with E-state index in [0.717, 1.165) is 51.9 Å². The van der Waals surface area contributed by atoms with Crippen LogP contribution < -0.4 is 5.32 Å². The molecule has 3 heterocycles. The highest BCUT2D eigenvalue weighted by Gasteiger charge is 2.43. The maximum absolute atomic E-state index is 13.1. The van der Waals surface area contributed by atoms with Gasteiger partial charge in [0.2, 0.25) is 5.91 Å². The number of piperidine rings is 2. The van der Waals surface area contributed by atoms with Crippen molar-refractivity contribution in [1.29, 1.82) is 0 Å². The fourth-order valence-corrected chi connectivity index (χ4v) is 4.48. The quantitative estimate of drug-likeness (QED) is 0.844. The van der Waals surface area contributed by atoms with Gasteiger partial charge in [-0.15, -0.1) is 0 Å². The van der Waals surface area contributed by atoms with Gasteiger partial charge in [0.15, 0.2) is 0 Å². The molecule has 3 saturated heterocycles. The molecule has 3 aliphatic heterocycles. The lowest BCUT2D eigenvalue weighted by Gasteiger charge is -2.43. The maximum atomic E-state index is 13.1. The molecule has 0 saturated carbocycles. The van der Waals surface area contributed by atoms with Crippen LogP contribution in [0.5, 0.6) is 0 Å². The number of nitrogens with one attached hydrogen (secondary N) is 1. The first-order valence-corrected chi connectivity index (χ1v) is 8.98. The van der Waals surface area contributed by atoms with Gasteiger partial charge in [0, 0.05) is 26.2 Å². The predicted octanol–water partition coefficient (Wildman–Crippen LogP) is 1.09. The van der Waals surface area contributed by atoms with Crippen molar-refractivity contribution in [3.63, 3.8) is 0 Å². The summed E-state index contributed by atoms with van der Waals surface area (Å²) in [5, 5.41) is 3.37. The van der Waals surface area contributed by atoms with Crippen molar-refractivity contribution in [2.24, 2.45) is 5.41 Å². The molecule has 3 aliphatic rings. The molecule has 0 aromatic rings. The van der Waals surface area contributed by atoms with Crippen LogP contribution in [0.15, 0.2) is 0 Å². The van der Waals surface area contributed by atoms with Gasteiger partial charge in [0.25, 0.3) is 0 Å². The monoisotopic (exact) mass is 309 g/mol. The molecule has 3 fully saturated rings. The van der Waals surface area contributed by atoms with Gasteiger partial charge in [-0.2, -0.15) is 0 Å². The van der Waals surface area contributed by atoms with Gasteiger partial charge >= 0.3 is 0 Å². The molecule has 0 unspecified atom stereocenters. The minimum atomic E-state index is -0.277. The summed E-state index contributed by atoms with van der Waals surface area (Å²) in [5.74, 6) is 0.343. The zero-order chi connectivity index (χ0) is 15.4. The van der Waals surface area contributed by atoms with Crippen LogP contribution in [-0.4, -0.2) is 74.7 Å². The maximum Gasteiger partial charge on any atom is 0.231 e. The van der Waals surface area contributed by atoms with E-state index >= 15 is 0 Å². The molecule has 0 bridgehead atoms. The van der Waals surface area contributed by atoms with Crippen molar-refractivity contribution < 1.29 is 9.53 Å². The molecule has 0 spiro atoms. The van der Waals surface area contributed by atoms with Crippen LogP contribution in [0.4, 0.5) is 0 Å². The summed E-state index contributed by atoms with van der Waals surface area (Å²) in [4.78, 5) is 17.9. The van der Waals surface area contributed by atoms with Gasteiger partial charge < -0.3 is 19.9 Å². The second-order valence-electron chi connectivity index (χ2n) is 7.23. The Hall–Kier alpha value is -0.650. The Morgan fingerprint density at radius 3 is 2.36 bits per heavy atom. The zero-order valence-corrected chi connectivity index (χ0v) is 14.0. The van der Waals surface area contributed by atoms with Crippen LogP contribution in [0.2, 0.25) is 0 Å². The smallest absolute Gasteiger partial charge is 0.231 e. The molecule has 0 aromatic carbocycles. The summed E-state index contributed by atoms with van der Waals surface area (Å²) in [6, 6.07) is 0.706. The van der Waals surface area contributed by atoms with Gasteiger partial charge in [0.05, 0.1) is 12.0 Å². The molecule has 22 heavy (non-hydrogen) atoms. The number of carbonyl (C=O) groups is 1. The second kappa shape index (κ2) is 7.28. The van der Waals surface area contributed by atoms with Crippen LogP contribution in [0.1, 0.15) is 38.5 Å². The van der Waals surface area contributed by atoms with E-state index in [9.17, 15) is 4.79 Å².